The van der Waals surface area contributed by atoms with Crippen molar-refractivity contribution in [2.45, 2.75) is 19.4 Å². The average molecular weight is 641 g/mol. The lowest BCUT2D eigenvalue weighted by molar-refractivity contribution is -0.114. The first-order chi connectivity index (χ1) is 15.5. The molecular formula is C23H18BrIN2O3S2. The molecule has 1 aliphatic rings. The van der Waals surface area contributed by atoms with Crippen molar-refractivity contribution in [1.82, 2.24) is 4.98 Å². The monoisotopic (exact) mass is 640 g/mol. The molecule has 4 rings (SSSR count). The van der Waals surface area contributed by atoms with Gasteiger partial charge in [0.1, 0.15) is 17.5 Å². The molecule has 1 atom stereocenters. The van der Waals surface area contributed by atoms with Crippen molar-refractivity contribution in [3.05, 3.63) is 77.1 Å². The van der Waals surface area contributed by atoms with Gasteiger partial charge in [0.25, 0.3) is 0 Å². The molecule has 1 aromatic heterocycles. The summed E-state index contributed by atoms with van der Waals surface area (Å²) in [6.45, 7) is 2.84. The highest BCUT2D eigenvalue weighted by Crippen LogP contribution is 2.42. The topological polar surface area (TPSA) is 72.3 Å². The van der Waals surface area contributed by atoms with Crippen LogP contribution in [0.25, 0.3) is 6.08 Å². The van der Waals surface area contributed by atoms with Crippen LogP contribution in [-0.2, 0) is 11.4 Å². The highest BCUT2D eigenvalue weighted by atomic mass is 127. The van der Waals surface area contributed by atoms with Crippen molar-refractivity contribution in [3.8, 4) is 11.5 Å². The number of ketones is 1. The number of hydrogen-bond donors (Lipinski definition) is 1. The summed E-state index contributed by atoms with van der Waals surface area (Å²) in [6, 6.07) is 11.8. The summed E-state index contributed by atoms with van der Waals surface area (Å²) in [5.74, 6) is 0.630. The van der Waals surface area contributed by atoms with Crippen LogP contribution in [0.15, 0.2) is 57.4 Å². The minimum atomic E-state index is -0.592. The third kappa shape index (κ3) is 5.27. The minimum Gasteiger partial charge on any atom is -0.490 e. The van der Waals surface area contributed by atoms with Gasteiger partial charge >= 0.3 is 0 Å². The molecule has 164 valence electrons. The molecule has 1 N–H and O–H groups in total. The number of benzene rings is 2. The molecule has 0 amide bonds. The Kier molecular flexibility index (Phi) is 7.70. The van der Waals surface area contributed by atoms with Crippen LogP contribution in [0.3, 0.4) is 0 Å². The lowest BCUT2D eigenvalue weighted by Gasteiger charge is -2.15. The van der Waals surface area contributed by atoms with Crippen molar-refractivity contribution >= 4 is 78.5 Å². The number of hydrogen-bond acceptors (Lipinski definition) is 7. The molecule has 2 heterocycles. The summed E-state index contributed by atoms with van der Waals surface area (Å²) in [5, 5.41) is 11.1. The van der Waals surface area contributed by atoms with E-state index in [1.807, 2.05) is 54.8 Å². The molecule has 0 aliphatic carbocycles. The second-order valence-corrected chi connectivity index (χ2v) is 10.9. The van der Waals surface area contributed by atoms with Gasteiger partial charge in [0.2, 0.25) is 0 Å². The van der Waals surface area contributed by atoms with Gasteiger partial charge in [-0.05, 0) is 71.0 Å². The Labute approximate surface area is 216 Å². The molecule has 2 aromatic carbocycles. The van der Waals surface area contributed by atoms with Crippen LogP contribution in [0.2, 0.25) is 0 Å². The number of thioether (sulfide) groups is 1. The van der Waals surface area contributed by atoms with Crippen molar-refractivity contribution in [1.29, 1.82) is 5.41 Å². The Morgan fingerprint density at radius 1 is 1.25 bits per heavy atom. The Bertz CT molecular complexity index is 1180. The summed E-state index contributed by atoms with van der Waals surface area (Å²) < 4.78 is 13.9. The molecule has 1 fully saturated rings. The molecule has 9 heteroatoms. The van der Waals surface area contributed by atoms with Crippen LogP contribution in [-0.4, -0.2) is 22.4 Å². The fourth-order valence-corrected chi connectivity index (χ4v) is 6.00. The molecule has 1 aliphatic heterocycles. The van der Waals surface area contributed by atoms with E-state index in [9.17, 15) is 4.79 Å². The SMILES string of the molecule is CCOc1cc(/C=C2\SC(=N)[C@@H](c3nccs3)C2=O)cc(I)c1OCc1ccc(Br)cc1. The van der Waals surface area contributed by atoms with Gasteiger partial charge < -0.3 is 9.47 Å². The van der Waals surface area contributed by atoms with Crippen molar-refractivity contribution in [2.24, 2.45) is 0 Å². The number of carbonyl (C=O) groups excluding carboxylic acids is 1. The van der Waals surface area contributed by atoms with Gasteiger partial charge in [-0.1, -0.05) is 39.8 Å². The van der Waals surface area contributed by atoms with Gasteiger partial charge in [-0.15, -0.1) is 11.3 Å². The highest BCUT2D eigenvalue weighted by molar-refractivity contribution is 14.1. The average Bonchev–Trinajstić information content (AvgIpc) is 3.37. The number of halogens is 2. The van der Waals surface area contributed by atoms with E-state index in [4.69, 9.17) is 14.9 Å². The zero-order valence-corrected chi connectivity index (χ0v) is 22.3. The minimum absolute atomic E-state index is 0.0847. The third-order valence-corrected chi connectivity index (χ3v) is 7.78. The van der Waals surface area contributed by atoms with E-state index >= 15 is 0 Å². The molecule has 0 unspecified atom stereocenters. The number of rotatable bonds is 7. The number of aromatic nitrogens is 1. The second-order valence-electron chi connectivity index (χ2n) is 6.82. The van der Waals surface area contributed by atoms with E-state index < -0.39 is 5.92 Å². The largest absolute Gasteiger partial charge is 0.490 e. The Balaban J connectivity index is 1.59. The van der Waals surface area contributed by atoms with E-state index in [1.165, 1.54) is 23.1 Å². The van der Waals surface area contributed by atoms with Crippen molar-refractivity contribution in [2.75, 3.05) is 6.61 Å². The smallest absolute Gasteiger partial charge is 0.186 e. The molecule has 5 nitrogen and oxygen atoms in total. The number of ether oxygens (including phenoxy) is 2. The zero-order valence-electron chi connectivity index (χ0n) is 16.9. The summed E-state index contributed by atoms with van der Waals surface area (Å²) in [5.41, 5.74) is 1.88. The second kappa shape index (κ2) is 10.5. The van der Waals surface area contributed by atoms with Gasteiger partial charge in [0.15, 0.2) is 17.3 Å². The zero-order chi connectivity index (χ0) is 22.7. The molecule has 0 radical (unpaired) electrons. The number of allylic oxidation sites excluding steroid dienone is 1. The lowest BCUT2D eigenvalue weighted by atomic mass is 10.0. The van der Waals surface area contributed by atoms with E-state index in [2.05, 4.69) is 43.5 Å². The lowest BCUT2D eigenvalue weighted by Crippen LogP contribution is -2.11. The summed E-state index contributed by atoms with van der Waals surface area (Å²) in [6.07, 6.45) is 3.48. The maximum atomic E-state index is 12.9. The predicted octanol–water partition coefficient (Wildman–Crippen LogP) is 6.91. The van der Waals surface area contributed by atoms with Gasteiger partial charge in [-0.25, -0.2) is 4.98 Å². The molecule has 3 aromatic rings. The normalized spacial score (nSPS) is 17.2. The summed E-state index contributed by atoms with van der Waals surface area (Å²) in [7, 11) is 0. The maximum Gasteiger partial charge on any atom is 0.186 e. The van der Waals surface area contributed by atoms with Crippen LogP contribution < -0.4 is 9.47 Å². The van der Waals surface area contributed by atoms with Gasteiger partial charge in [-0.3, -0.25) is 10.2 Å². The fraction of sp³-hybridized carbons (Fsp3) is 0.174. The number of nitrogens with one attached hydrogen (secondary N) is 1. The highest BCUT2D eigenvalue weighted by Gasteiger charge is 2.38. The van der Waals surface area contributed by atoms with Crippen molar-refractivity contribution in [3.63, 3.8) is 0 Å². The van der Waals surface area contributed by atoms with E-state index in [1.54, 1.807) is 6.20 Å². The van der Waals surface area contributed by atoms with Crippen LogP contribution in [0.5, 0.6) is 11.5 Å². The first-order valence-corrected chi connectivity index (χ1v) is 13.3. The first kappa shape index (κ1) is 23.5. The molecule has 1 saturated heterocycles. The molecular weight excluding hydrogens is 623 g/mol. The third-order valence-electron chi connectivity index (χ3n) is 4.61. The maximum absolute atomic E-state index is 12.9. The van der Waals surface area contributed by atoms with E-state index in [-0.39, 0.29) is 5.78 Å². The molecule has 32 heavy (non-hydrogen) atoms. The fourth-order valence-electron chi connectivity index (χ4n) is 3.15. The van der Waals surface area contributed by atoms with E-state index in [0.717, 1.165) is 19.2 Å². The van der Waals surface area contributed by atoms with Gasteiger partial charge in [-0.2, -0.15) is 0 Å². The molecule has 0 spiro atoms. The van der Waals surface area contributed by atoms with Gasteiger partial charge in [0.05, 0.1) is 20.1 Å². The van der Waals surface area contributed by atoms with Crippen LogP contribution in [0.4, 0.5) is 0 Å². The van der Waals surface area contributed by atoms with Gasteiger partial charge in [0, 0.05) is 16.0 Å². The summed E-state index contributed by atoms with van der Waals surface area (Å²) >= 11 is 8.26. The number of carbonyl (C=O) groups is 1. The number of nitrogens with zero attached hydrogens (tertiary/aromatic N) is 1. The Morgan fingerprint density at radius 2 is 2.03 bits per heavy atom. The Hall–Kier alpha value is -1.69. The quantitative estimate of drug-likeness (QED) is 0.225. The summed E-state index contributed by atoms with van der Waals surface area (Å²) in [4.78, 5) is 17.7. The van der Waals surface area contributed by atoms with Crippen molar-refractivity contribution < 1.29 is 14.3 Å². The Morgan fingerprint density at radius 3 is 2.72 bits per heavy atom. The van der Waals surface area contributed by atoms with E-state index in [0.29, 0.717) is 39.7 Å². The van der Waals surface area contributed by atoms with Crippen LogP contribution >= 0.6 is 61.6 Å². The molecule has 0 bridgehead atoms. The first-order valence-electron chi connectivity index (χ1n) is 9.71. The number of thiazole rings is 1. The predicted molar refractivity (Wildman–Crippen MR) is 142 cm³/mol. The standard InChI is InChI=1S/C23H18BrIN2O3S2/c1-2-29-17-10-14(9-16(25)21(17)30-12-13-3-5-15(24)6-4-13)11-18-20(28)19(22(26)32-18)23-27-7-8-31-23/h3-11,19,26H,2,12H2,1H3/b18-11-,26-22?/t19-/m0/s1. The molecule has 0 saturated carbocycles. The van der Waals surface area contributed by atoms with Crippen LogP contribution in [0, 0.1) is 8.98 Å². The van der Waals surface area contributed by atoms with Crippen LogP contribution in [0.1, 0.15) is 29.0 Å². The number of Topliss-reactive ketones (excluding diaryl/α,β-unsaturated/α-hetero) is 1.